The first-order chi connectivity index (χ1) is 8.81. The Labute approximate surface area is 113 Å². The predicted octanol–water partition coefficient (Wildman–Crippen LogP) is 3.17. The summed E-state index contributed by atoms with van der Waals surface area (Å²) >= 11 is 0. The van der Waals surface area contributed by atoms with Crippen LogP contribution in [0, 0.1) is 5.41 Å². The molecular weight excluding hydrogens is 220 g/mol. The van der Waals surface area contributed by atoms with Gasteiger partial charge in [-0.25, -0.2) is 0 Å². The Morgan fingerprint density at radius 2 is 2.00 bits per heavy atom. The van der Waals surface area contributed by atoms with Gasteiger partial charge in [-0.1, -0.05) is 19.8 Å². The molecule has 1 spiro atoms. The lowest BCUT2D eigenvalue weighted by atomic mass is 9.85. The van der Waals surface area contributed by atoms with Gasteiger partial charge in [-0.3, -0.25) is 4.90 Å². The van der Waals surface area contributed by atoms with E-state index >= 15 is 0 Å². The topological polar surface area (TPSA) is 15.3 Å². The van der Waals surface area contributed by atoms with Crippen molar-refractivity contribution < 1.29 is 0 Å². The van der Waals surface area contributed by atoms with Crippen LogP contribution in [0.15, 0.2) is 0 Å². The Morgan fingerprint density at radius 3 is 2.78 bits per heavy atom. The van der Waals surface area contributed by atoms with Gasteiger partial charge in [0.2, 0.25) is 0 Å². The number of likely N-dealkylation sites (tertiary alicyclic amines) is 1. The fourth-order valence-corrected chi connectivity index (χ4v) is 4.64. The van der Waals surface area contributed by atoms with Crippen molar-refractivity contribution in [1.29, 1.82) is 0 Å². The highest BCUT2D eigenvalue weighted by Crippen LogP contribution is 2.46. The first kappa shape index (κ1) is 12.9. The van der Waals surface area contributed by atoms with Gasteiger partial charge < -0.3 is 5.32 Å². The summed E-state index contributed by atoms with van der Waals surface area (Å²) in [6.07, 6.45) is 13.1. The van der Waals surface area contributed by atoms with Crippen LogP contribution in [-0.4, -0.2) is 36.6 Å². The van der Waals surface area contributed by atoms with E-state index in [-0.39, 0.29) is 0 Å². The van der Waals surface area contributed by atoms with Crippen molar-refractivity contribution in [1.82, 2.24) is 10.2 Å². The zero-order valence-corrected chi connectivity index (χ0v) is 12.1. The summed E-state index contributed by atoms with van der Waals surface area (Å²) in [6.45, 7) is 6.30. The highest BCUT2D eigenvalue weighted by Gasteiger charge is 2.43. The van der Waals surface area contributed by atoms with E-state index in [2.05, 4.69) is 17.1 Å². The third kappa shape index (κ3) is 2.60. The Hall–Kier alpha value is -0.0800. The Morgan fingerprint density at radius 1 is 1.17 bits per heavy atom. The fraction of sp³-hybridized carbons (Fsp3) is 1.00. The average molecular weight is 250 g/mol. The van der Waals surface area contributed by atoms with Gasteiger partial charge in [-0.2, -0.15) is 0 Å². The van der Waals surface area contributed by atoms with Crippen molar-refractivity contribution in [3.63, 3.8) is 0 Å². The van der Waals surface area contributed by atoms with E-state index in [9.17, 15) is 0 Å². The molecule has 1 N–H and O–H groups in total. The smallest absolute Gasteiger partial charge is 0.0111 e. The van der Waals surface area contributed by atoms with E-state index < -0.39 is 0 Å². The average Bonchev–Trinajstić information content (AvgIpc) is 3.10. The third-order valence-corrected chi connectivity index (χ3v) is 5.74. The minimum Gasteiger partial charge on any atom is -0.314 e. The molecule has 2 nitrogen and oxygen atoms in total. The van der Waals surface area contributed by atoms with Gasteiger partial charge in [0.25, 0.3) is 0 Å². The standard InChI is InChI=1S/C16H30N2/c1-2-10-17-14-5-6-15(12-14)18-11-9-16(13-18)7-3-4-8-16/h14-15,17H,2-13H2,1H3. The van der Waals surface area contributed by atoms with Crippen molar-refractivity contribution in [2.75, 3.05) is 19.6 Å². The van der Waals surface area contributed by atoms with Crippen LogP contribution >= 0.6 is 0 Å². The summed E-state index contributed by atoms with van der Waals surface area (Å²) in [7, 11) is 0. The van der Waals surface area contributed by atoms with Gasteiger partial charge in [-0.15, -0.1) is 0 Å². The van der Waals surface area contributed by atoms with Crippen LogP contribution in [0.4, 0.5) is 0 Å². The molecule has 0 aromatic carbocycles. The molecule has 1 heterocycles. The van der Waals surface area contributed by atoms with E-state index in [1.807, 2.05) is 0 Å². The highest BCUT2D eigenvalue weighted by molar-refractivity contribution is 4.97. The van der Waals surface area contributed by atoms with E-state index in [1.165, 1.54) is 77.4 Å². The van der Waals surface area contributed by atoms with Gasteiger partial charge >= 0.3 is 0 Å². The maximum absolute atomic E-state index is 3.72. The molecule has 104 valence electrons. The highest BCUT2D eigenvalue weighted by atomic mass is 15.2. The SMILES string of the molecule is CCCNC1CCC(N2CCC3(CCCC3)C2)C1. The quantitative estimate of drug-likeness (QED) is 0.824. The first-order valence-corrected chi connectivity index (χ1v) is 8.29. The van der Waals surface area contributed by atoms with Gasteiger partial charge in [0.05, 0.1) is 0 Å². The molecule has 0 amide bonds. The molecule has 0 aromatic rings. The van der Waals surface area contributed by atoms with Crippen molar-refractivity contribution in [2.24, 2.45) is 5.41 Å². The third-order valence-electron chi connectivity index (χ3n) is 5.74. The molecule has 2 unspecified atom stereocenters. The van der Waals surface area contributed by atoms with Gasteiger partial charge in [0, 0.05) is 18.6 Å². The van der Waals surface area contributed by atoms with Gasteiger partial charge in [0.15, 0.2) is 0 Å². The molecule has 0 bridgehead atoms. The van der Waals surface area contributed by atoms with Crippen LogP contribution in [-0.2, 0) is 0 Å². The second kappa shape index (κ2) is 5.50. The van der Waals surface area contributed by atoms with Crippen molar-refractivity contribution in [3.05, 3.63) is 0 Å². The second-order valence-corrected chi connectivity index (χ2v) is 7.05. The molecule has 1 aliphatic heterocycles. The molecule has 0 radical (unpaired) electrons. The number of hydrogen-bond acceptors (Lipinski definition) is 2. The minimum absolute atomic E-state index is 0.759. The van der Waals surface area contributed by atoms with E-state index in [1.54, 1.807) is 0 Å². The monoisotopic (exact) mass is 250 g/mol. The molecule has 0 aromatic heterocycles. The Bertz CT molecular complexity index is 270. The van der Waals surface area contributed by atoms with Gasteiger partial charge in [0.1, 0.15) is 0 Å². The van der Waals surface area contributed by atoms with Crippen LogP contribution in [0.3, 0.4) is 0 Å². The van der Waals surface area contributed by atoms with Crippen LogP contribution in [0.25, 0.3) is 0 Å². The van der Waals surface area contributed by atoms with Crippen molar-refractivity contribution in [3.8, 4) is 0 Å². The number of rotatable bonds is 4. The van der Waals surface area contributed by atoms with Gasteiger partial charge in [-0.05, 0) is 63.5 Å². The maximum Gasteiger partial charge on any atom is 0.0111 e. The van der Waals surface area contributed by atoms with E-state index in [0.29, 0.717) is 0 Å². The lowest BCUT2D eigenvalue weighted by Gasteiger charge is -2.27. The summed E-state index contributed by atoms with van der Waals surface area (Å²) in [5.74, 6) is 0. The molecule has 2 heteroatoms. The molecule has 1 saturated heterocycles. The normalized spacial score (nSPS) is 35.8. The zero-order valence-electron chi connectivity index (χ0n) is 12.1. The molecule has 2 atom stereocenters. The van der Waals surface area contributed by atoms with E-state index in [4.69, 9.17) is 0 Å². The Balaban J connectivity index is 1.48. The van der Waals surface area contributed by atoms with Crippen molar-refractivity contribution in [2.45, 2.75) is 76.8 Å². The summed E-state index contributed by atoms with van der Waals surface area (Å²) < 4.78 is 0. The largest absolute Gasteiger partial charge is 0.314 e. The van der Waals surface area contributed by atoms with Crippen LogP contribution in [0.1, 0.15) is 64.7 Å². The first-order valence-electron chi connectivity index (χ1n) is 8.29. The predicted molar refractivity (Wildman–Crippen MR) is 76.8 cm³/mol. The minimum atomic E-state index is 0.759. The molecule has 3 aliphatic rings. The lowest BCUT2D eigenvalue weighted by Crippen LogP contribution is -2.35. The maximum atomic E-state index is 3.72. The molecular formula is C16H30N2. The lowest BCUT2D eigenvalue weighted by molar-refractivity contribution is 0.203. The Kier molecular flexibility index (Phi) is 3.95. The summed E-state index contributed by atoms with van der Waals surface area (Å²) in [5.41, 5.74) is 0.759. The van der Waals surface area contributed by atoms with E-state index in [0.717, 1.165) is 17.5 Å². The molecule has 3 fully saturated rings. The van der Waals surface area contributed by atoms with Crippen molar-refractivity contribution >= 4 is 0 Å². The van der Waals surface area contributed by atoms with Crippen LogP contribution in [0.5, 0.6) is 0 Å². The number of nitrogens with one attached hydrogen (secondary N) is 1. The molecule has 2 saturated carbocycles. The molecule has 3 rings (SSSR count). The number of nitrogens with zero attached hydrogens (tertiary/aromatic N) is 1. The van der Waals surface area contributed by atoms with Crippen LogP contribution < -0.4 is 5.32 Å². The summed E-state index contributed by atoms with van der Waals surface area (Å²) in [6, 6.07) is 1.72. The molecule has 2 aliphatic carbocycles. The van der Waals surface area contributed by atoms with Crippen LogP contribution in [0.2, 0.25) is 0 Å². The second-order valence-electron chi connectivity index (χ2n) is 7.05. The summed E-state index contributed by atoms with van der Waals surface area (Å²) in [4.78, 5) is 2.85. The molecule has 18 heavy (non-hydrogen) atoms. The fourth-order valence-electron chi connectivity index (χ4n) is 4.64. The summed E-state index contributed by atoms with van der Waals surface area (Å²) in [5, 5.41) is 3.72. The number of hydrogen-bond donors (Lipinski definition) is 1. The zero-order chi connectivity index (χ0) is 12.4.